The van der Waals surface area contributed by atoms with Gasteiger partial charge in [0.15, 0.2) is 0 Å². The second kappa shape index (κ2) is 8.60. The van der Waals surface area contributed by atoms with Gasteiger partial charge in [-0.15, -0.1) is 0 Å². The summed E-state index contributed by atoms with van der Waals surface area (Å²) in [5.41, 5.74) is 9.00. The van der Waals surface area contributed by atoms with E-state index in [0.29, 0.717) is 18.1 Å². The molecule has 1 amide bonds. The average molecular weight is 374 g/mol. The average Bonchev–Trinajstić information content (AvgIpc) is 3.23. The summed E-state index contributed by atoms with van der Waals surface area (Å²) in [6, 6.07) is 20.0. The first-order valence-corrected chi connectivity index (χ1v) is 9.25. The molecule has 0 spiro atoms. The zero-order valence-corrected chi connectivity index (χ0v) is 15.3. The molecule has 1 aliphatic rings. The Morgan fingerprint density at radius 2 is 1.68 bits per heavy atom. The molecule has 2 atom stereocenters. The van der Waals surface area contributed by atoms with Gasteiger partial charge < -0.3 is 10.6 Å². The molecule has 0 aliphatic carbocycles. The van der Waals surface area contributed by atoms with Crippen molar-refractivity contribution in [1.82, 2.24) is 26.1 Å². The van der Waals surface area contributed by atoms with Crippen molar-refractivity contribution in [3.8, 4) is 0 Å². The maximum absolute atomic E-state index is 12.5. The van der Waals surface area contributed by atoms with Crippen molar-refractivity contribution in [2.45, 2.75) is 6.04 Å². The number of aromatic nitrogens is 2. The van der Waals surface area contributed by atoms with Crippen LogP contribution in [0.4, 0.5) is 11.6 Å². The minimum absolute atomic E-state index is 0.162. The molecule has 142 valence electrons. The first-order chi connectivity index (χ1) is 13.8. The first kappa shape index (κ1) is 18.1. The maximum Gasteiger partial charge on any atom is 0.254 e. The van der Waals surface area contributed by atoms with Crippen molar-refractivity contribution in [3.05, 3.63) is 84.2 Å². The topological polar surface area (TPSA) is 91.0 Å². The highest BCUT2D eigenvalue weighted by Gasteiger charge is 2.28. The minimum Gasteiger partial charge on any atom is -0.352 e. The standard InChI is InChI=1S/C21H22N6O/c28-20(17-12-23-21(24-13-17)26-18-9-5-2-6-10-18)22-11-16-14-25-27-19(16)15-7-3-1-4-8-15/h1-10,12-13,16,19,25,27H,11,14H2,(H,22,28)(H,23,24,26). The van der Waals surface area contributed by atoms with Crippen LogP contribution in [0.2, 0.25) is 0 Å². The van der Waals surface area contributed by atoms with E-state index in [1.165, 1.54) is 18.0 Å². The summed E-state index contributed by atoms with van der Waals surface area (Å²) in [6.07, 6.45) is 3.07. The van der Waals surface area contributed by atoms with Crippen LogP contribution in [-0.4, -0.2) is 29.0 Å². The van der Waals surface area contributed by atoms with Crippen molar-refractivity contribution in [2.75, 3.05) is 18.4 Å². The fourth-order valence-corrected chi connectivity index (χ4v) is 3.23. The van der Waals surface area contributed by atoms with Gasteiger partial charge in [0.2, 0.25) is 5.95 Å². The van der Waals surface area contributed by atoms with Crippen molar-refractivity contribution >= 4 is 17.5 Å². The summed E-state index contributed by atoms with van der Waals surface area (Å²) < 4.78 is 0. The van der Waals surface area contributed by atoms with Crippen LogP contribution < -0.4 is 21.5 Å². The molecule has 0 saturated carbocycles. The second-order valence-electron chi connectivity index (χ2n) is 6.67. The number of amides is 1. The fraction of sp³-hybridized carbons (Fsp3) is 0.190. The van der Waals surface area contributed by atoms with Gasteiger partial charge in [-0.3, -0.25) is 10.2 Å². The third-order valence-electron chi connectivity index (χ3n) is 4.72. The van der Waals surface area contributed by atoms with Crippen LogP contribution in [0.3, 0.4) is 0 Å². The quantitative estimate of drug-likeness (QED) is 0.530. The molecule has 0 radical (unpaired) electrons. The molecule has 28 heavy (non-hydrogen) atoms. The zero-order chi connectivity index (χ0) is 19.2. The van der Waals surface area contributed by atoms with Crippen molar-refractivity contribution < 1.29 is 4.79 Å². The Morgan fingerprint density at radius 1 is 1.00 bits per heavy atom. The first-order valence-electron chi connectivity index (χ1n) is 9.25. The number of benzene rings is 2. The molecule has 7 heteroatoms. The molecule has 7 nitrogen and oxygen atoms in total. The van der Waals surface area contributed by atoms with Crippen molar-refractivity contribution in [2.24, 2.45) is 5.92 Å². The van der Waals surface area contributed by atoms with Crippen molar-refractivity contribution in [3.63, 3.8) is 0 Å². The van der Waals surface area contributed by atoms with Gasteiger partial charge in [0.05, 0.1) is 11.6 Å². The molecule has 0 bridgehead atoms. The number of rotatable bonds is 6. The Kier molecular flexibility index (Phi) is 5.56. The Morgan fingerprint density at radius 3 is 2.39 bits per heavy atom. The lowest BCUT2D eigenvalue weighted by Crippen LogP contribution is -2.33. The van der Waals surface area contributed by atoms with Crippen LogP contribution in [0.5, 0.6) is 0 Å². The van der Waals surface area contributed by atoms with E-state index < -0.39 is 0 Å². The third-order valence-corrected chi connectivity index (χ3v) is 4.72. The molecule has 1 fully saturated rings. The summed E-state index contributed by atoms with van der Waals surface area (Å²) >= 11 is 0. The van der Waals surface area contributed by atoms with Gasteiger partial charge in [-0.05, 0) is 17.7 Å². The summed E-state index contributed by atoms with van der Waals surface area (Å²) in [7, 11) is 0. The van der Waals surface area contributed by atoms with E-state index >= 15 is 0 Å². The number of nitrogens with one attached hydrogen (secondary N) is 4. The molecule has 2 heterocycles. The van der Waals surface area contributed by atoms with Gasteiger partial charge in [0.25, 0.3) is 5.91 Å². The van der Waals surface area contributed by atoms with Gasteiger partial charge >= 0.3 is 0 Å². The highest BCUT2D eigenvalue weighted by molar-refractivity contribution is 5.93. The molecule has 2 unspecified atom stereocenters. The van der Waals surface area contributed by atoms with Crippen LogP contribution >= 0.6 is 0 Å². The number of carbonyl (C=O) groups excluding carboxylic acids is 1. The summed E-state index contributed by atoms with van der Waals surface area (Å²) in [6.45, 7) is 1.35. The predicted molar refractivity (Wildman–Crippen MR) is 108 cm³/mol. The molecule has 3 aromatic rings. The number of hydrogen-bond acceptors (Lipinski definition) is 6. The molecular weight excluding hydrogens is 352 g/mol. The summed E-state index contributed by atoms with van der Waals surface area (Å²) in [5.74, 6) is 0.535. The monoisotopic (exact) mass is 374 g/mol. The van der Waals surface area contributed by atoms with Gasteiger partial charge in [0, 0.05) is 37.1 Å². The number of nitrogens with zero attached hydrogens (tertiary/aromatic N) is 2. The lowest BCUT2D eigenvalue weighted by atomic mass is 9.95. The highest BCUT2D eigenvalue weighted by atomic mass is 16.1. The predicted octanol–water partition coefficient (Wildman–Crippen LogP) is 2.42. The van der Waals surface area contributed by atoms with E-state index in [4.69, 9.17) is 0 Å². The van der Waals surface area contributed by atoms with Crippen LogP contribution in [0.15, 0.2) is 73.1 Å². The number of hydrazine groups is 1. The molecule has 1 aromatic heterocycles. The van der Waals surface area contributed by atoms with E-state index in [-0.39, 0.29) is 17.9 Å². The van der Waals surface area contributed by atoms with Crippen LogP contribution in [-0.2, 0) is 0 Å². The SMILES string of the molecule is O=C(NCC1CNNC1c1ccccc1)c1cnc(Nc2ccccc2)nc1. The van der Waals surface area contributed by atoms with Crippen LogP contribution in [0.25, 0.3) is 0 Å². The lowest BCUT2D eigenvalue weighted by molar-refractivity contribution is 0.0946. The Bertz CT molecular complexity index is 901. The number of para-hydroxylation sites is 1. The molecular formula is C21H22N6O. The normalized spacial score (nSPS) is 18.6. The van der Waals surface area contributed by atoms with Crippen LogP contribution in [0.1, 0.15) is 22.0 Å². The van der Waals surface area contributed by atoms with Gasteiger partial charge in [-0.25, -0.2) is 15.4 Å². The van der Waals surface area contributed by atoms with Gasteiger partial charge in [-0.1, -0.05) is 48.5 Å². The zero-order valence-electron chi connectivity index (χ0n) is 15.3. The summed E-state index contributed by atoms with van der Waals surface area (Å²) in [4.78, 5) is 20.9. The number of carbonyl (C=O) groups is 1. The van der Waals surface area contributed by atoms with E-state index in [0.717, 1.165) is 12.2 Å². The van der Waals surface area contributed by atoms with Gasteiger partial charge in [-0.2, -0.15) is 0 Å². The highest BCUT2D eigenvalue weighted by Crippen LogP contribution is 2.24. The van der Waals surface area contributed by atoms with Gasteiger partial charge in [0.1, 0.15) is 0 Å². The maximum atomic E-state index is 12.5. The lowest BCUT2D eigenvalue weighted by Gasteiger charge is -2.19. The molecule has 1 saturated heterocycles. The Hall–Kier alpha value is -3.29. The number of hydrogen-bond donors (Lipinski definition) is 4. The fourth-order valence-electron chi connectivity index (χ4n) is 3.23. The Labute approximate surface area is 163 Å². The molecule has 4 rings (SSSR count). The van der Waals surface area contributed by atoms with E-state index in [2.05, 4.69) is 43.6 Å². The molecule has 2 aromatic carbocycles. The number of anilines is 2. The van der Waals surface area contributed by atoms with E-state index in [9.17, 15) is 4.79 Å². The smallest absolute Gasteiger partial charge is 0.254 e. The van der Waals surface area contributed by atoms with Crippen molar-refractivity contribution in [1.29, 1.82) is 0 Å². The molecule has 1 aliphatic heterocycles. The Balaban J connectivity index is 1.33. The summed E-state index contributed by atoms with van der Waals surface area (Å²) in [5, 5.41) is 6.09. The molecule has 4 N–H and O–H groups in total. The van der Waals surface area contributed by atoms with Crippen LogP contribution in [0, 0.1) is 5.92 Å². The van der Waals surface area contributed by atoms with E-state index in [1.807, 2.05) is 48.5 Å². The third kappa shape index (κ3) is 4.33. The minimum atomic E-state index is -0.176. The second-order valence-corrected chi connectivity index (χ2v) is 6.67. The van der Waals surface area contributed by atoms with E-state index in [1.54, 1.807) is 0 Å². The largest absolute Gasteiger partial charge is 0.352 e.